The molecule has 5 atom stereocenters. The number of aliphatic hydroxyl groups is 1. The van der Waals surface area contributed by atoms with Gasteiger partial charge >= 0.3 is 0 Å². The first kappa shape index (κ1) is 30.0. The Morgan fingerprint density at radius 3 is 2.52 bits per heavy atom. The Balaban J connectivity index is 1.45. The van der Waals surface area contributed by atoms with Crippen LogP contribution >= 0.6 is 0 Å². The van der Waals surface area contributed by atoms with Gasteiger partial charge in [0.05, 0.1) is 25.9 Å². The van der Waals surface area contributed by atoms with Crippen molar-refractivity contribution in [2.45, 2.75) is 63.2 Å². The standard InChI is InChI=1S/C32H40N2O7Si/c1-20-30(40-3)25-16-23(33-14-8-11-27(39-2)32(33)37)12-13-26(25)41-31(20)28(42(4,5)38)17-29(36)34-18-22-10-7-6-9-21(22)15-24(34)19-35/h6-14,16,20,24,28,30-31,35,38H,15,17-19H2,1-5H3/t20-,24+,28?,30-,31-/m1/s1. The molecule has 0 saturated carbocycles. The van der Waals surface area contributed by atoms with Crippen LogP contribution in [0.5, 0.6) is 11.5 Å². The molecule has 1 unspecified atom stereocenters. The lowest BCUT2D eigenvalue weighted by molar-refractivity contribution is -0.136. The molecule has 0 fully saturated rings. The summed E-state index contributed by atoms with van der Waals surface area (Å²) in [6.45, 7) is 5.99. The molecule has 0 aliphatic carbocycles. The number of hydrogen-bond acceptors (Lipinski definition) is 7. The molecular formula is C32H40N2O7Si. The molecule has 3 aromatic rings. The number of aliphatic hydroxyl groups excluding tert-OH is 1. The minimum atomic E-state index is -2.94. The topological polar surface area (TPSA) is 110 Å². The largest absolute Gasteiger partial charge is 0.491 e. The van der Waals surface area contributed by atoms with Crippen molar-refractivity contribution in [2.24, 2.45) is 5.92 Å². The van der Waals surface area contributed by atoms with Gasteiger partial charge in [0.1, 0.15) is 11.9 Å². The van der Waals surface area contributed by atoms with Crippen molar-refractivity contribution in [3.8, 4) is 17.2 Å². The van der Waals surface area contributed by atoms with E-state index in [1.165, 1.54) is 11.7 Å². The van der Waals surface area contributed by atoms with E-state index in [0.717, 1.165) is 16.7 Å². The molecule has 2 N–H and O–H groups in total. The average Bonchev–Trinajstić information content (AvgIpc) is 2.98. The van der Waals surface area contributed by atoms with Gasteiger partial charge in [-0.25, -0.2) is 0 Å². The van der Waals surface area contributed by atoms with Crippen LogP contribution in [-0.2, 0) is 22.5 Å². The highest BCUT2D eigenvalue weighted by molar-refractivity contribution is 6.71. The first-order chi connectivity index (χ1) is 20.1. The summed E-state index contributed by atoms with van der Waals surface area (Å²) in [4.78, 5) is 40.0. The Kier molecular flexibility index (Phi) is 8.61. The zero-order valence-corrected chi connectivity index (χ0v) is 25.8. The molecule has 9 nitrogen and oxygen atoms in total. The number of rotatable bonds is 8. The molecule has 224 valence electrons. The van der Waals surface area contributed by atoms with E-state index in [4.69, 9.17) is 14.2 Å². The Labute approximate surface area is 247 Å². The van der Waals surface area contributed by atoms with Gasteiger partial charge < -0.3 is 29.0 Å². The third-order valence-electron chi connectivity index (χ3n) is 8.81. The summed E-state index contributed by atoms with van der Waals surface area (Å²) in [6.07, 6.45) is 1.52. The number of ether oxygens (including phenoxy) is 3. The van der Waals surface area contributed by atoms with Crippen molar-refractivity contribution in [2.75, 3.05) is 20.8 Å². The van der Waals surface area contributed by atoms with Crippen LogP contribution in [0.1, 0.15) is 36.1 Å². The molecule has 3 heterocycles. The summed E-state index contributed by atoms with van der Waals surface area (Å²) in [5, 5.41) is 10.1. The molecule has 2 aromatic carbocycles. The number of nitrogens with zero attached hydrogens (tertiary/aromatic N) is 2. The van der Waals surface area contributed by atoms with Crippen molar-refractivity contribution in [1.82, 2.24) is 9.47 Å². The smallest absolute Gasteiger partial charge is 0.297 e. The van der Waals surface area contributed by atoms with E-state index in [1.807, 2.05) is 56.4 Å². The van der Waals surface area contributed by atoms with Crippen LogP contribution in [0, 0.1) is 5.92 Å². The maximum Gasteiger partial charge on any atom is 0.297 e. The quantitative estimate of drug-likeness (QED) is 0.383. The summed E-state index contributed by atoms with van der Waals surface area (Å²) in [6, 6.07) is 16.6. The fourth-order valence-corrected chi connectivity index (χ4v) is 8.31. The number of aromatic nitrogens is 1. The van der Waals surface area contributed by atoms with E-state index in [-0.39, 0.29) is 48.3 Å². The van der Waals surface area contributed by atoms with Crippen LogP contribution < -0.4 is 15.0 Å². The van der Waals surface area contributed by atoms with Gasteiger partial charge in [-0.05, 0) is 61.0 Å². The van der Waals surface area contributed by atoms with Gasteiger partial charge in [-0.2, -0.15) is 0 Å². The molecule has 10 heteroatoms. The normalized spacial score (nSPS) is 22.5. The average molecular weight is 593 g/mol. The molecule has 0 radical (unpaired) electrons. The molecule has 2 aliphatic heterocycles. The number of benzene rings is 2. The van der Waals surface area contributed by atoms with Gasteiger partial charge in [0.2, 0.25) is 5.91 Å². The molecule has 2 aliphatic rings. The lowest BCUT2D eigenvalue weighted by Gasteiger charge is -2.44. The second-order valence-corrected chi connectivity index (χ2v) is 15.9. The fourth-order valence-electron chi connectivity index (χ4n) is 6.46. The number of fused-ring (bicyclic) bond motifs is 2. The van der Waals surface area contributed by atoms with Gasteiger partial charge in [-0.3, -0.25) is 14.2 Å². The van der Waals surface area contributed by atoms with Crippen molar-refractivity contribution < 1.29 is 28.9 Å². The summed E-state index contributed by atoms with van der Waals surface area (Å²) in [5.41, 5.74) is 2.97. The number of pyridine rings is 1. The molecule has 5 rings (SSSR count). The van der Waals surface area contributed by atoms with Crippen LogP contribution in [-0.4, -0.2) is 66.6 Å². The van der Waals surface area contributed by atoms with E-state index < -0.39 is 20.0 Å². The van der Waals surface area contributed by atoms with Gasteiger partial charge in [-0.15, -0.1) is 0 Å². The van der Waals surface area contributed by atoms with E-state index in [1.54, 1.807) is 36.4 Å². The third-order valence-corrected chi connectivity index (χ3v) is 11.2. The van der Waals surface area contributed by atoms with E-state index >= 15 is 0 Å². The van der Waals surface area contributed by atoms with Gasteiger partial charge in [0, 0.05) is 49.0 Å². The molecule has 1 amide bonds. The zero-order valence-electron chi connectivity index (χ0n) is 24.8. The monoisotopic (exact) mass is 592 g/mol. The molecule has 0 bridgehead atoms. The fraction of sp³-hybridized carbons (Fsp3) is 0.438. The second-order valence-electron chi connectivity index (χ2n) is 11.9. The van der Waals surface area contributed by atoms with Gasteiger partial charge in [0.15, 0.2) is 14.1 Å². The molecule has 1 aromatic heterocycles. The zero-order chi connectivity index (χ0) is 30.2. The number of carbonyl (C=O) groups is 1. The van der Waals surface area contributed by atoms with Crippen LogP contribution in [0.4, 0.5) is 0 Å². The van der Waals surface area contributed by atoms with Gasteiger partial charge in [0.25, 0.3) is 5.56 Å². The third kappa shape index (κ3) is 5.64. The predicted molar refractivity (Wildman–Crippen MR) is 162 cm³/mol. The molecular weight excluding hydrogens is 552 g/mol. The number of methoxy groups -OCH3 is 2. The lowest BCUT2D eigenvalue weighted by atomic mass is 9.86. The Morgan fingerprint density at radius 2 is 1.86 bits per heavy atom. The van der Waals surface area contributed by atoms with Crippen LogP contribution in [0.25, 0.3) is 5.69 Å². The second kappa shape index (κ2) is 12.0. The summed E-state index contributed by atoms with van der Waals surface area (Å²) < 4.78 is 19.3. The van der Waals surface area contributed by atoms with Gasteiger partial charge in [-0.1, -0.05) is 31.2 Å². The molecule has 42 heavy (non-hydrogen) atoms. The highest BCUT2D eigenvalue weighted by atomic mass is 28.4. The lowest BCUT2D eigenvalue weighted by Crippen LogP contribution is -2.52. The van der Waals surface area contributed by atoms with Crippen molar-refractivity contribution >= 4 is 14.2 Å². The SMILES string of the molecule is COc1cccn(-c2ccc3c(c2)[C@H](OC)[C@@H](C)[C@H](C(CC(=O)N2Cc4ccccc4C[C@H]2CO)[Si](C)(C)O)O3)c1=O. The maximum atomic E-state index is 13.9. The van der Waals surface area contributed by atoms with Crippen LogP contribution in [0.15, 0.2) is 65.6 Å². The Hall–Kier alpha value is -3.44. The molecule has 0 saturated heterocycles. The van der Waals surface area contributed by atoms with Crippen LogP contribution in [0.3, 0.4) is 0 Å². The number of amides is 1. The highest BCUT2D eigenvalue weighted by Crippen LogP contribution is 2.47. The number of hydrogen-bond donors (Lipinski definition) is 2. The Morgan fingerprint density at radius 1 is 1.12 bits per heavy atom. The minimum Gasteiger partial charge on any atom is -0.491 e. The first-order valence-electron chi connectivity index (χ1n) is 14.4. The van der Waals surface area contributed by atoms with Crippen molar-refractivity contribution in [3.63, 3.8) is 0 Å². The van der Waals surface area contributed by atoms with Crippen molar-refractivity contribution in [3.05, 3.63) is 87.8 Å². The van der Waals surface area contributed by atoms with Crippen molar-refractivity contribution in [1.29, 1.82) is 0 Å². The van der Waals surface area contributed by atoms with E-state index in [0.29, 0.717) is 24.4 Å². The van der Waals surface area contributed by atoms with Crippen LogP contribution in [0.2, 0.25) is 18.6 Å². The maximum absolute atomic E-state index is 13.9. The highest BCUT2D eigenvalue weighted by Gasteiger charge is 2.48. The summed E-state index contributed by atoms with van der Waals surface area (Å²) in [5.74, 6) is 0.533. The predicted octanol–water partition coefficient (Wildman–Crippen LogP) is 3.83. The summed E-state index contributed by atoms with van der Waals surface area (Å²) in [7, 11) is 0.158. The minimum absolute atomic E-state index is 0.104. The summed E-state index contributed by atoms with van der Waals surface area (Å²) >= 11 is 0. The molecule has 0 spiro atoms. The van der Waals surface area contributed by atoms with E-state index in [9.17, 15) is 19.5 Å². The Bertz CT molecular complexity index is 1500. The van der Waals surface area contributed by atoms with E-state index in [2.05, 4.69) is 0 Å². The first-order valence-corrected chi connectivity index (χ1v) is 17.4. The number of carbonyl (C=O) groups excluding carboxylic acids is 1.